The molecule has 7 heteroatoms. The summed E-state index contributed by atoms with van der Waals surface area (Å²) in [5.74, 6) is -0.871. The zero-order chi connectivity index (χ0) is 21.1. The van der Waals surface area contributed by atoms with Gasteiger partial charge in [-0.2, -0.15) is 0 Å². The molecule has 0 saturated carbocycles. The maximum absolute atomic E-state index is 12.8. The summed E-state index contributed by atoms with van der Waals surface area (Å²) in [5.41, 5.74) is 9.15. The van der Waals surface area contributed by atoms with Gasteiger partial charge >= 0.3 is 6.03 Å². The minimum absolute atomic E-state index is 0.297. The molecule has 1 aliphatic rings. The molecule has 3 aromatic rings. The Hall–Kier alpha value is -3.45. The lowest BCUT2D eigenvalue weighted by atomic mass is 10.0. The van der Waals surface area contributed by atoms with Crippen LogP contribution in [0.4, 0.5) is 9.80 Å². The minimum Gasteiger partial charge on any atom is -0.351 e. The number of hydrogen-bond acceptors (Lipinski definition) is 4. The number of carbonyl (C=O) groups excluding carboxylic acids is 3. The van der Waals surface area contributed by atoms with Crippen LogP contribution in [0.3, 0.4) is 0 Å². The molecule has 1 heterocycles. The Balaban J connectivity index is 1.51. The van der Waals surface area contributed by atoms with E-state index in [0.717, 1.165) is 41.7 Å². The molecule has 30 heavy (non-hydrogen) atoms. The van der Waals surface area contributed by atoms with Crippen molar-refractivity contribution in [3.05, 3.63) is 87.3 Å². The molecule has 1 aromatic heterocycles. The van der Waals surface area contributed by atoms with Crippen molar-refractivity contribution in [2.24, 2.45) is 5.73 Å². The lowest BCUT2D eigenvalue weighted by Gasteiger charge is -2.09. The van der Waals surface area contributed by atoms with Gasteiger partial charge in [-0.15, -0.1) is 11.3 Å². The van der Waals surface area contributed by atoms with Crippen LogP contribution in [0.5, 0.6) is 0 Å². The zero-order valence-corrected chi connectivity index (χ0v) is 17.1. The van der Waals surface area contributed by atoms with Crippen molar-refractivity contribution in [1.29, 1.82) is 0 Å². The highest BCUT2D eigenvalue weighted by Gasteiger charge is 2.28. The molecule has 0 atom stereocenters. The van der Waals surface area contributed by atoms with E-state index in [9.17, 15) is 14.4 Å². The second kappa shape index (κ2) is 8.51. The number of thiophene rings is 1. The van der Waals surface area contributed by atoms with E-state index in [2.05, 4.69) is 22.8 Å². The molecule has 0 aliphatic heterocycles. The second-order valence-corrected chi connectivity index (χ2v) is 8.30. The van der Waals surface area contributed by atoms with E-state index in [1.54, 1.807) is 12.1 Å². The van der Waals surface area contributed by atoms with Gasteiger partial charge in [0.25, 0.3) is 11.8 Å². The van der Waals surface area contributed by atoms with Gasteiger partial charge < -0.3 is 11.1 Å². The van der Waals surface area contributed by atoms with Crippen LogP contribution in [0.1, 0.15) is 48.7 Å². The molecule has 1 aliphatic carbocycles. The van der Waals surface area contributed by atoms with Crippen LogP contribution < -0.4 is 16.4 Å². The molecule has 0 spiro atoms. The maximum atomic E-state index is 12.8. The van der Waals surface area contributed by atoms with Gasteiger partial charge in [-0.25, -0.2) is 4.79 Å². The summed E-state index contributed by atoms with van der Waals surface area (Å²) < 4.78 is 0. The van der Waals surface area contributed by atoms with E-state index in [0.29, 0.717) is 16.1 Å². The van der Waals surface area contributed by atoms with Crippen LogP contribution in [0.25, 0.3) is 0 Å². The highest BCUT2D eigenvalue weighted by atomic mass is 32.1. The Morgan fingerprint density at radius 2 is 1.60 bits per heavy atom. The Bertz CT molecular complexity index is 1100. The smallest absolute Gasteiger partial charge is 0.319 e. The Morgan fingerprint density at radius 3 is 2.30 bits per heavy atom. The van der Waals surface area contributed by atoms with E-state index in [-0.39, 0.29) is 5.91 Å². The van der Waals surface area contributed by atoms with Gasteiger partial charge in [0.2, 0.25) is 0 Å². The second-order valence-electron chi connectivity index (χ2n) is 7.19. The lowest BCUT2D eigenvalue weighted by Crippen LogP contribution is -2.35. The molecule has 0 unspecified atom stereocenters. The molecule has 4 N–H and O–H groups in total. The van der Waals surface area contributed by atoms with E-state index in [1.807, 2.05) is 30.3 Å². The standard InChI is InChI=1S/C23H21N3O3S/c24-23(29)26-21(28)19-17-7-4-8-18(17)30-22(19)25-20(27)16-11-9-15(10-12-16)13-14-5-2-1-3-6-14/h1-3,5-6,9-12H,4,7-8,13H2,(H,25,27)(H3,24,26,28,29). The Morgan fingerprint density at radius 1 is 0.900 bits per heavy atom. The monoisotopic (exact) mass is 419 g/mol. The first-order valence-corrected chi connectivity index (χ1v) is 10.5. The number of amides is 4. The number of rotatable bonds is 5. The van der Waals surface area contributed by atoms with Gasteiger partial charge in [0, 0.05) is 10.4 Å². The van der Waals surface area contributed by atoms with Gasteiger partial charge in [0.05, 0.1) is 5.56 Å². The normalized spacial score (nSPS) is 12.3. The summed E-state index contributed by atoms with van der Waals surface area (Å²) in [7, 11) is 0. The number of carbonyl (C=O) groups is 3. The van der Waals surface area contributed by atoms with Gasteiger partial charge in [-0.05, 0) is 54.5 Å². The van der Waals surface area contributed by atoms with Crippen LogP contribution in [0.15, 0.2) is 54.6 Å². The van der Waals surface area contributed by atoms with Crippen LogP contribution in [-0.4, -0.2) is 17.8 Å². The van der Waals surface area contributed by atoms with Gasteiger partial charge in [-0.3, -0.25) is 14.9 Å². The first kappa shape index (κ1) is 19.8. The summed E-state index contributed by atoms with van der Waals surface area (Å²) in [6, 6.07) is 16.6. The first-order valence-electron chi connectivity index (χ1n) is 9.71. The third-order valence-electron chi connectivity index (χ3n) is 5.08. The summed E-state index contributed by atoms with van der Waals surface area (Å²) in [6.07, 6.45) is 3.35. The summed E-state index contributed by atoms with van der Waals surface area (Å²) in [5, 5.41) is 5.42. The number of imide groups is 1. The van der Waals surface area contributed by atoms with Crippen molar-refractivity contribution >= 4 is 34.2 Å². The third kappa shape index (κ3) is 4.26. The van der Waals surface area contributed by atoms with Crippen LogP contribution in [0.2, 0.25) is 0 Å². The SMILES string of the molecule is NC(=O)NC(=O)c1c(NC(=O)c2ccc(Cc3ccccc3)cc2)sc2c1CCC2. The van der Waals surface area contributed by atoms with Gasteiger partial charge in [0.1, 0.15) is 5.00 Å². The fraction of sp³-hybridized carbons (Fsp3) is 0.174. The molecular formula is C23H21N3O3S. The Kier molecular flexibility index (Phi) is 5.63. The van der Waals surface area contributed by atoms with Crippen LogP contribution in [0, 0.1) is 0 Å². The predicted octanol–water partition coefficient (Wildman–Crippen LogP) is 3.89. The van der Waals surface area contributed by atoms with E-state index < -0.39 is 11.9 Å². The number of aryl methyl sites for hydroxylation is 1. The largest absolute Gasteiger partial charge is 0.351 e. The molecule has 4 rings (SSSR count). The van der Waals surface area contributed by atoms with Crippen molar-refractivity contribution in [2.45, 2.75) is 25.7 Å². The quantitative estimate of drug-likeness (QED) is 0.585. The van der Waals surface area contributed by atoms with Gasteiger partial charge in [0.15, 0.2) is 0 Å². The molecule has 4 amide bonds. The number of hydrogen-bond donors (Lipinski definition) is 3. The Labute approximate surface area is 178 Å². The fourth-order valence-electron chi connectivity index (χ4n) is 3.69. The fourth-order valence-corrected chi connectivity index (χ4v) is 4.97. The number of benzene rings is 2. The van der Waals surface area contributed by atoms with Crippen molar-refractivity contribution in [2.75, 3.05) is 5.32 Å². The minimum atomic E-state index is -0.913. The number of fused-ring (bicyclic) bond motifs is 1. The first-order chi connectivity index (χ1) is 14.5. The van der Waals surface area contributed by atoms with Crippen LogP contribution in [-0.2, 0) is 19.3 Å². The number of anilines is 1. The predicted molar refractivity (Wildman–Crippen MR) is 117 cm³/mol. The van der Waals surface area contributed by atoms with Crippen molar-refractivity contribution < 1.29 is 14.4 Å². The summed E-state index contributed by atoms with van der Waals surface area (Å²) >= 11 is 1.39. The highest BCUT2D eigenvalue weighted by molar-refractivity contribution is 7.17. The molecule has 0 bridgehead atoms. The molecular weight excluding hydrogens is 398 g/mol. The van der Waals surface area contributed by atoms with E-state index in [1.165, 1.54) is 16.9 Å². The van der Waals surface area contributed by atoms with E-state index in [4.69, 9.17) is 5.73 Å². The average molecular weight is 420 g/mol. The van der Waals surface area contributed by atoms with Crippen molar-refractivity contribution in [3.63, 3.8) is 0 Å². The number of nitrogens with one attached hydrogen (secondary N) is 2. The zero-order valence-electron chi connectivity index (χ0n) is 16.2. The average Bonchev–Trinajstić information content (AvgIpc) is 3.29. The molecule has 152 valence electrons. The molecule has 0 radical (unpaired) electrons. The topological polar surface area (TPSA) is 101 Å². The number of urea groups is 1. The van der Waals surface area contributed by atoms with Crippen molar-refractivity contribution in [3.8, 4) is 0 Å². The highest BCUT2D eigenvalue weighted by Crippen LogP contribution is 2.39. The summed E-state index contributed by atoms with van der Waals surface area (Å²) in [6.45, 7) is 0. The summed E-state index contributed by atoms with van der Waals surface area (Å²) in [4.78, 5) is 37.5. The molecule has 0 fully saturated rings. The molecule has 2 aromatic carbocycles. The molecule has 0 saturated heterocycles. The van der Waals surface area contributed by atoms with Crippen molar-refractivity contribution in [1.82, 2.24) is 5.32 Å². The molecule has 6 nitrogen and oxygen atoms in total. The maximum Gasteiger partial charge on any atom is 0.319 e. The third-order valence-corrected chi connectivity index (χ3v) is 6.29. The van der Waals surface area contributed by atoms with E-state index >= 15 is 0 Å². The van der Waals surface area contributed by atoms with Crippen LogP contribution >= 0.6 is 11.3 Å². The number of nitrogens with two attached hydrogens (primary N) is 1. The van der Waals surface area contributed by atoms with Gasteiger partial charge in [-0.1, -0.05) is 42.5 Å². The number of primary amides is 1. The lowest BCUT2D eigenvalue weighted by molar-refractivity contribution is 0.0966.